The van der Waals surface area contributed by atoms with Gasteiger partial charge in [0.15, 0.2) is 0 Å². The van der Waals surface area contributed by atoms with Gasteiger partial charge in [0, 0.05) is 24.9 Å². The molecule has 2 rings (SSSR count). The lowest BCUT2D eigenvalue weighted by Crippen LogP contribution is -2.40. The zero-order valence-corrected chi connectivity index (χ0v) is 13.3. The number of aromatic nitrogens is 3. The molecule has 0 radical (unpaired) electrons. The molecule has 1 aromatic heterocycles. The van der Waals surface area contributed by atoms with E-state index in [0.29, 0.717) is 12.0 Å². The molecule has 1 aliphatic heterocycles. The van der Waals surface area contributed by atoms with E-state index in [1.54, 1.807) is 6.33 Å². The molecular formula is C14H26N4OS. The Labute approximate surface area is 125 Å². The van der Waals surface area contributed by atoms with Gasteiger partial charge in [0.1, 0.15) is 12.2 Å². The summed E-state index contributed by atoms with van der Waals surface area (Å²) in [5.41, 5.74) is 0. The molecule has 114 valence electrons. The number of nitrogens with zero attached hydrogens (tertiary/aromatic N) is 4. The summed E-state index contributed by atoms with van der Waals surface area (Å²) in [6.45, 7) is 7.00. The summed E-state index contributed by atoms with van der Waals surface area (Å²) in [6, 6.07) is 0.560. The van der Waals surface area contributed by atoms with Crippen LogP contribution in [0.15, 0.2) is 6.33 Å². The molecule has 0 amide bonds. The Morgan fingerprint density at radius 3 is 3.05 bits per heavy atom. The summed E-state index contributed by atoms with van der Waals surface area (Å²) in [4.78, 5) is 6.78. The molecule has 6 heteroatoms. The first kappa shape index (κ1) is 15.8. The topological polar surface area (TPSA) is 54.2 Å². The standard InChI is InChI=1S/C14H26N4OS/c1-12(2)8-18-14(15-11-16-18)9-17(5-6-19)13-4-3-7-20-10-13/h11-13,19H,3-10H2,1-2H3. The second kappa shape index (κ2) is 8.00. The van der Waals surface area contributed by atoms with Crippen molar-refractivity contribution in [2.24, 2.45) is 5.92 Å². The van der Waals surface area contributed by atoms with Gasteiger partial charge in [0.2, 0.25) is 0 Å². The summed E-state index contributed by atoms with van der Waals surface area (Å²) >= 11 is 2.02. The minimum absolute atomic E-state index is 0.208. The average Bonchev–Trinajstić information content (AvgIpc) is 2.86. The Morgan fingerprint density at radius 1 is 1.55 bits per heavy atom. The second-order valence-electron chi connectivity index (χ2n) is 5.82. The van der Waals surface area contributed by atoms with E-state index in [1.165, 1.54) is 18.6 Å². The van der Waals surface area contributed by atoms with Crippen LogP contribution in [0.5, 0.6) is 0 Å². The summed E-state index contributed by atoms with van der Waals surface area (Å²) in [5.74, 6) is 4.01. The monoisotopic (exact) mass is 298 g/mol. The van der Waals surface area contributed by atoms with Gasteiger partial charge in [-0.1, -0.05) is 13.8 Å². The van der Waals surface area contributed by atoms with E-state index < -0.39 is 0 Å². The van der Waals surface area contributed by atoms with Crippen LogP contribution in [0, 0.1) is 5.92 Å². The van der Waals surface area contributed by atoms with Crippen molar-refractivity contribution in [3.05, 3.63) is 12.2 Å². The molecule has 2 heterocycles. The normalized spacial score (nSPS) is 19.9. The third-order valence-electron chi connectivity index (χ3n) is 3.62. The highest BCUT2D eigenvalue weighted by molar-refractivity contribution is 7.99. The second-order valence-corrected chi connectivity index (χ2v) is 6.97. The summed E-state index contributed by atoms with van der Waals surface area (Å²) in [6.07, 6.45) is 4.14. The third kappa shape index (κ3) is 4.46. The number of rotatable bonds is 7. The van der Waals surface area contributed by atoms with Crippen LogP contribution in [0.4, 0.5) is 0 Å². The van der Waals surface area contributed by atoms with Gasteiger partial charge in [-0.25, -0.2) is 9.67 Å². The fourth-order valence-electron chi connectivity index (χ4n) is 2.62. The minimum atomic E-state index is 0.208. The zero-order chi connectivity index (χ0) is 14.4. The molecule has 0 bridgehead atoms. The highest BCUT2D eigenvalue weighted by Crippen LogP contribution is 2.22. The highest BCUT2D eigenvalue weighted by atomic mass is 32.2. The van der Waals surface area contributed by atoms with Gasteiger partial charge in [-0.3, -0.25) is 4.90 Å². The van der Waals surface area contributed by atoms with Gasteiger partial charge in [0.05, 0.1) is 13.2 Å². The highest BCUT2D eigenvalue weighted by Gasteiger charge is 2.22. The van der Waals surface area contributed by atoms with Crippen LogP contribution in [-0.4, -0.2) is 55.5 Å². The molecule has 1 unspecified atom stereocenters. The van der Waals surface area contributed by atoms with Crippen molar-refractivity contribution in [2.75, 3.05) is 24.7 Å². The Kier molecular flexibility index (Phi) is 6.32. The molecule has 1 saturated heterocycles. The number of aliphatic hydroxyl groups excluding tert-OH is 1. The maximum atomic E-state index is 9.32. The number of hydrogen-bond acceptors (Lipinski definition) is 5. The van der Waals surface area contributed by atoms with E-state index >= 15 is 0 Å². The predicted molar refractivity (Wildman–Crippen MR) is 82.7 cm³/mol. The van der Waals surface area contributed by atoms with Crippen molar-refractivity contribution >= 4 is 11.8 Å². The Bertz CT molecular complexity index is 390. The lowest BCUT2D eigenvalue weighted by Gasteiger charge is -2.33. The summed E-state index contributed by atoms with van der Waals surface area (Å²) in [5, 5.41) is 13.6. The first-order valence-electron chi connectivity index (χ1n) is 7.50. The van der Waals surface area contributed by atoms with Gasteiger partial charge in [-0.05, 0) is 24.5 Å². The maximum absolute atomic E-state index is 9.32. The molecule has 1 fully saturated rings. The minimum Gasteiger partial charge on any atom is -0.395 e. The molecule has 5 nitrogen and oxygen atoms in total. The molecule has 0 spiro atoms. The molecule has 1 aliphatic rings. The van der Waals surface area contributed by atoms with Crippen LogP contribution in [0.25, 0.3) is 0 Å². The van der Waals surface area contributed by atoms with Crippen LogP contribution < -0.4 is 0 Å². The Hall–Kier alpha value is -0.590. The van der Waals surface area contributed by atoms with Crippen LogP contribution >= 0.6 is 11.8 Å². The Balaban J connectivity index is 2.01. The van der Waals surface area contributed by atoms with Gasteiger partial charge in [0.25, 0.3) is 0 Å². The van der Waals surface area contributed by atoms with E-state index in [-0.39, 0.29) is 6.61 Å². The average molecular weight is 298 g/mol. The maximum Gasteiger partial charge on any atom is 0.141 e. The van der Waals surface area contributed by atoms with Crippen molar-refractivity contribution in [3.63, 3.8) is 0 Å². The molecule has 1 N–H and O–H groups in total. The van der Waals surface area contributed by atoms with Crippen molar-refractivity contribution in [3.8, 4) is 0 Å². The van der Waals surface area contributed by atoms with Crippen molar-refractivity contribution in [1.82, 2.24) is 19.7 Å². The first-order valence-corrected chi connectivity index (χ1v) is 8.65. The molecule has 0 aliphatic carbocycles. The quantitative estimate of drug-likeness (QED) is 0.829. The van der Waals surface area contributed by atoms with E-state index in [1.807, 2.05) is 16.4 Å². The third-order valence-corrected chi connectivity index (χ3v) is 4.82. The predicted octanol–water partition coefficient (Wildman–Crippen LogP) is 1.62. The number of aliphatic hydroxyl groups is 1. The first-order chi connectivity index (χ1) is 9.70. The van der Waals surface area contributed by atoms with Crippen molar-refractivity contribution in [2.45, 2.75) is 45.8 Å². The molecule has 0 aromatic carbocycles. The number of thioether (sulfide) groups is 1. The SMILES string of the molecule is CC(C)Cn1ncnc1CN(CCO)C1CCCSC1. The molecule has 1 aromatic rings. The lowest BCUT2D eigenvalue weighted by atomic mass is 10.1. The van der Waals surface area contributed by atoms with E-state index in [9.17, 15) is 5.11 Å². The fourth-order valence-corrected chi connectivity index (χ4v) is 3.81. The van der Waals surface area contributed by atoms with Crippen LogP contribution in [-0.2, 0) is 13.1 Å². The molecule has 0 saturated carbocycles. The van der Waals surface area contributed by atoms with Gasteiger partial charge < -0.3 is 5.11 Å². The lowest BCUT2D eigenvalue weighted by molar-refractivity contribution is 0.140. The smallest absolute Gasteiger partial charge is 0.141 e. The van der Waals surface area contributed by atoms with E-state index in [4.69, 9.17) is 0 Å². The fraction of sp³-hybridized carbons (Fsp3) is 0.857. The van der Waals surface area contributed by atoms with Gasteiger partial charge in [-0.2, -0.15) is 16.9 Å². The number of hydrogen-bond donors (Lipinski definition) is 1. The van der Waals surface area contributed by atoms with Gasteiger partial charge >= 0.3 is 0 Å². The molecule has 1 atom stereocenters. The van der Waals surface area contributed by atoms with Crippen LogP contribution in [0.1, 0.15) is 32.5 Å². The Morgan fingerprint density at radius 2 is 2.40 bits per heavy atom. The van der Waals surface area contributed by atoms with Crippen molar-refractivity contribution in [1.29, 1.82) is 0 Å². The van der Waals surface area contributed by atoms with E-state index in [2.05, 4.69) is 28.8 Å². The summed E-state index contributed by atoms with van der Waals surface area (Å²) in [7, 11) is 0. The molecule has 20 heavy (non-hydrogen) atoms. The van der Waals surface area contributed by atoms with Crippen LogP contribution in [0.2, 0.25) is 0 Å². The molecular weight excluding hydrogens is 272 g/mol. The largest absolute Gasteiger partial charge is 0.395 e. The zero-order valence-electron chi connectivity index (χ0n) is 12.5. The van der Waals surface area contributed by atoms with E-state index in [0.717, 1.165) is 31.2 Å². The van der Waals surface area contributed by atoms with Crippen molar-refractivity contribution < 1.29 is 5.11 Å². The van der Waals surface area contributed by atoms with Crippen LogP contribution in [0.3, 0.4) is 0 Å². The van der Waals surface area contributed by atoms with Gasteiger partial charge in [-0.15, -0.1) is 0 Å². The summed E-state index contributed by atoms with van der Waals surface area (Å²) < 4.78 is 2.00.